The zero-order valence-electron chi connectivity index (χ0n) is 7.97. The number of rotatable bonds is 1. The van der Waals surface area contributed by atoms with Gasteiger partial charge in [0.1, 0.15) is 0 Å². The number of thiazole rings is 1. The highest BCUT2D eigenvalue weighted by Crippen LogP contribution is 2.26. The van der Waals surface area contributed by atoms with Crippen LogP contribution in [0.15, 0.2) is 10.9 Å². The second-order valence-corrected chi connectivity index (χ2v) is 4.03. The van der Waals surface area contributed by atoms with E-state index >= 15 is 0 Å². The zero-order valence-corrected chi connectivity index (χ0v) is 8.79. The highest BCUT2D eigenvalue weighted by molar-refractivity contribution is 7.07. The number of carbonyl (C=O) groups excluding carboxylic acids is 1. The lowest BCUT2D eigenvalue weighted by Crippen LogP contribution is -2.28. The molecule has 1 aromatic rings. The average molecular weight is 212 g/mol. The van der Waals surface area contributed by atoms with Gasteiger partial charge in [0.05, 0.1) is 18.3 Å². The van der Waals surface area contributed by atoms with Crippen LogP contribution in [0.4, 0.5) is 4.79 Å². The summed E-state index contributed by atoms with van der Waals surface area (Å²) in [6.45, 7) is 1.51. The minimum atomic E-state index is -0.234. The smallest absolute Gasteiger partial charge is 0.409 e. The Labute approximate surface area is 86.5 Å². The molecule has 1 fully saturated rings. The molecule has 0 aliphatic carbocycles. The van der Waals surface area contributed by atoms with Gasteiger partial charge in [-0.2, -0.15) is 0 Å². The van der Waals surface area contributed by atoms with Gasteiger partial charge in [0.15, 0.2) is 0 Å². The Kier molecular flexibility index (Phi) is 2.67. The molecule has 0 aromatic carbocycles. The van der Waals surface area contributed by atoms with Crippen molar-refractivity contribution < 1.29 is 9.53 Å². The molecular weight excluding hydrogens is 200 g/mol. The Morgan fingerprint density at radius 1 is 1.79 bits per heavy atom. The standard InChI is InChI=1S/C9H12N2O2S/c1-13-9(12)11-3-2-7(4-11)8-5-14-6-10-8/h5-7H,2-4H2,1H3. The first-order valence-electron chi connectivity index (χ1n) is 4.52. The van der Waals surface area contributed by atoms with Crippen molar-refractivity contribution in [2.45, 2.75) is 12.3 Å². The molecule has 1 unspecified atom stereocenters. The fourth-order valence-corrected chi connectivity index (χ4v) is 2.36. The maximum absolute atomic E-state index is 11.2. The number of likely N-dealkylation sites (tertiary alicyclic amines) is 1. The molecule has 5 heteroatoms. The molecule has 76 valence electrons. The van der Waals surface area contributed by atoms with Crippen molar-refractivity contribution in [3.8, 4) is 0 Å². The van der Waals surface area contributed by atoms with Gasteiger partial charge in [-0.3, -0.25) is 0 Å². The largest absolute Gasteiger partial charge is 0.453 e. The van der Waals surface area contributed by atoms with Gasteiger partial charge in [0, 0.05) is 24.4 Å². The number of methoxy groups -OCH3 is 1. The Morgan fingerprint density at radius 3 is 3.29 bits per heavy atom. The SMILES string of the molecule is COC(=O)N1CCC(c2cscn2)C1. The predicted octanol–water partition coefficient (Wildman–Crippen LogP) is 1.70. The Bertz CT molecular complexity index is 313. The van der Waals surface area contributed by atoms with Crippen LogP contribution in [0.25, 0.3) is 0 Å². The molecule has 2 heterocycles. The summed E-state index contributed by atoms with van der Waals surface area (Å²) in [6.07, 6.45) is 0.751. The van der Waals surface area contributed by atoms with E-state index in [9.17, 15) is 4.79 Å². The van der Waals surface area contributed by atoms with Gasteiger partial charge < -0.3 is 9.64 Å². The summed E-state index contributed by atoms with van der Waals surface area (Å²) in [4.78, 5) is 17.2. The third-order valence-corrected chi connectivity index (χ3v) is 3.10. The Hall–Kier alpha value is -1.10. The van der Waals surface area contributed by atoms with Crippen LogP contribution in [0, 0.1) is 0 Å². The molecule has 1 aliphatic rings. The van der Waals surface area contributed by atoms with Crippen LogP contribution in [0.2, 0.25) is 0 Å². The van der Waals surface area contributed by atoms with Crippen LogP contribution in [0.3, 0.4) is 0 Å². The van der Waals surface area contributed by atoms with Gasteiger partial charge >= 0.3 is 6.09 Å². The number of carbonyl (C=O) groups is 1. The van der Waals surface area contributed by atoms with Crippen molar-refractivity contribution in [3.05, 3.63) is 16.6 Å². The maximum atomic E-state index is 11.2. The van der Waals surface area contributed by atoms with Gasteiger partial charge in [-0.25, -0.2) is 9.78 Å². The first-order chi connectivity index (χ1) is 6.81. The van der Waals surface area contributed by atoms with E-state index in [1.54, 1.807) is 16.2 Å². The molecule has 0 bridgehead atoms. The number of ether oxygens (including phenoxy) is 1. The van der Waals surface area contributed by atoms with Gasteiger partial charge in [-0.05, 0) is 6.42 Å². The summed E-state index contributed by atoms with van der Waals surface area (Å²) in [5, 5.41) is 2.05. The molecule has 4 nitrogen and oxygen atoms in total. The molecule has 1 aromatic heterocycles. The zero-order chi connectivity index (χ0) is 9.97. The van der Waals surface area contributed by atoms with Crippen LogP contribution in [-0.4, -0.2) is 36.2 Å². The fraction of sp³-hybridized carbons (Fsp3) is 0.556. The van der Waals surface area contributed by atoms with Crippen molar-refractivity contribution in [2.75, 3.05) is 20.2 Å². The fourth-order valence-electron chi connectivity index (χ4n) is 1.72. The monoisotopic (exact) mass is 212 g/mol. The molecule has 0 saturated carbocycles. The quantitative estimate of drug-likeness (QED) is 0.711. The number of hydrogen-bond acceptors (Lipinski definition) is 4. The van der Waals surface area contributed by atoms with Gasteiger partial charge in [-0.15, -0.1) is 11.3 Å². The molecular formula is C9H12N2O2S. The Balaban J connectivity index is 1.98. The second kappa shape index (κ2) is 3.96. The first-order valence-corrected chi connectivity index (χ1v) is 5.46. The van der Waals surface area contributed by atoms with E-state index in [1.807, 2.05) is 10.9 Å². The molecule has 0 radical (unpaired) electrons. The van der Waals surface area contributed by atoms with Gasteiger partial charge in [0.25, 0.3) is 0 Å². The average Bonchev–Trinajstić information content (AvgIpc) is 2.86. The van der Waals surface area contributed by atoms with Crippen molar-refractivity contribution in [1.82, 2.24) is 9.88 Å². The number of aromatic nitrogens is 1. The predicted molar refractivity (Wildman–Crippen MR) is 53.5 cm³/mol. The third-order valence-electron chi connectivity index (χ3n) is 2.49. The van der Waals surface area contributed by atoms with Crippen LogP contribution >= 0.6 is 11.3 Å². The van der Waals surface area contributed by atoms with Crippen LogP contribution < -0.4 is 0 Å². The normalized spacial score (nSPS) is 21.2. The second-order valence-electron chi connectivity index (χ2n) is 3.31. The van der Waals surface area contributed by atoms with E-state index in [0.717, 1.165) is 25.2 Å². The molecule has 0 spiro atoms. The van der Waals surface area contributed by atoms with Gasteiger partial charge in [0.2, 0.25) is 0 Å². The molecule has 0 N–H and O–H groups in total. The molecule has 1 aliphatic heterocycles. The number of nitrogens with zero attached hydrogens (tertiary/aromatic N) is 2. The molecule has 1 amide bonds. The van der Waals surface area contributed by atoms with E-state index < -0.39 is 0 Å². The van der Waals surface area contributed by atoms with E-state index in [2.05, 4.69) is 9.72 Å². The Morgan fingerprint density at radius 2 is 2.64 bits per heavy atom. The highest BCUT2D eigenvalue weighted by atomic mass is 32.1. The molecule has 14 heavy (non-hydrogen) atoms. The van der Waals surface area contributed by atoms with Crippen molar-refractivity contribution in [2.24, 2.45) is 0 Å². The van der Waals surface area contributed by atoms with E-state index in [-0.39, 0.29) is 6.09 Å². The lowest BCUT2D eigenvalue weighted by Gasteiger charge is -2.13. The summed E-state index contributed by atoms with van der Waals surface area (Å²) in [5.74, 6) is 0.389. The lowest BCUT2D eigenvalue weighted by atomic mass is 10.1. The molecule has 2 rings (SSSR count). The first kappa shape index (κ1) is 9.45. The highest BCUT2D eigenvalue weighted by Gasteiger charge is 2.28. The van der Waals surface area contributed by atoms with Crippen LogP contribution in [0.5, 0.6) is 0 Å². The van der Waals surface area contributed by atoms with Crippen molar-refractivity contribution in [1.29, 1.82) is 0 Å². The lowest BCUT2D eigenvalue weighted by molar-refractivity contribution is 0.132. The number of amides is 1. The van der Waals surface area contributed by atoms with Crippen molar-refractivity contribution >= 4 is 17.4 Å². The van der Waals surface area contributed by atoms with E-state index in [0.29, 0.717) is 5.92 Å². The topological polar surface area (TPSA) is 42.4 Å². The van der Waals surface area contributed by atoms with Crippen molar-refractivity contribution in [3.63, 3.8) is 0 Å². The van der Waals surface area contributed by atoms with E-state index in [1.165, 1.54) is 7.11 Å². The van der Waals surface area contributed by atoms with Crippen LogP contribution in [0.1, 0.15) is 18.0 Å². The summed E-state index contributed by atoms with van der Waals surface area (Å²) >= 11 is 1.60. The van der Waals surface area contributed by atoms with E-state index in [4.69, 9.17) is 0 Å². The molecule has 1 saturated heterocycles. The summed E-state index contributed by atoms with van der Waals surface area (Å²) in [6, 6.07) is 0. The third kappa shape index (κ3) is 1.72. The minimum Gasteiger partial charge on any atom is -0.453 e. The minimum absolute atomic E-state index is 0.234. The van der Waals surface area contributed by atoms with Crippen LogP contribution in [-0.2, 0) is 4.74 Å². The summed E-state index contributed by atoms with van der Waals surface area (Å²) in [5.41, 5.74) is 2.93. The summed E-state index contributed by atoms with van der Waals surface area (Å²) in [7, 11) is 1.42. The van der Waals surface area contributed by atoms with Gasteiger partial charge in [-0.1, -0.05) is 0 Å². The molecule has 1 atom stereocenters. The maximum Gasteiger partial charge on any atom is 0.409 e. The number of hydrogen-bond donors (Lipinski definition) is 0. The summed E-state index contributed by atoms with van der Waals surface area (Å²) < 4.78 is 4.67.